The van der Waals surface area contributed by atoms with Crippen molar-refractivity contribution < 1.29 is 34.5 Å². The van der Waals surface area contributed by atoms with Gasteiger partial charge in [0.25, 0.3) is 0 Å². The number of rotatable bonds is 4. The molecule has 1 aliphatic rings. The molecule has 0 atom stereocenters. The van der Waals surface area contributed by atoms with Crippen molar-refractivity contribution in [3.05, 3.63) is 23.6 Å². The predicted octanol–water partition coefficient (Wildman–Crippen LogP) is 3.55. The Hall–Kier alpha value is -0.933. The summed E-state index contributed by atoms with van der Waals surface area (Å²) in [6.45, 7) is 11.5. The van der Waals surface area contributed by atoms with Crippen LogP contribution in [0.2, 0.25) is 0 Å². The molecule has 1 aromatic heterocycles. The second-order valence-corrected chi connectivity index (χ2v) is 6.74. The number of nitrogens with zero attached hydrogens (tertiary/aromatic N) is 1. The molecule has 2 heterocycles. The number of nitrogens with one attached hydrogen (secondary N) is 2. The predicted molar refractivity (Wildman–Crippen MR) is 86.9 cm³/mol. The van der Waals surface area contributed by atoms with E-state index < -0.39 is 18.3 Å². The number of hydrogen-bond donors (Lipinski definition) is 1. The zero-order valence-corrected chi connectivity index (χ0v) is 15.9. The topological polar surface area (TPSA) is 88.2 Å². The zero-order chi connectivity index (χ0) is 16.7. The summed E-state index contributed by atoms with van der Waals surface area (Å²) in [5.41, 5.74) is 7.60. The van der Waals surface area contributed by atoms with E-state index in [-0.39, 0.29) is 37.8 Å². The van der Waals surface area contributed by atoms with Crippen LogP contribution in [0.5, 0.6) is 5.88 Å². The fraction of sp³-hybridized carbons (Fsp3) is 0.600. The van der Waals surface area contributed by atoms with E-state index in [1.807, 2.05) is 41.5 Å². The van der Waals surface area contributed by atoms with E-state index in [0.717, 1.165) is 0 Å². The van der Waals surface area contributed by atoms with Crippen molar-refractivity contribution in [1.29, 1.82) is 5.41 Å². The third kappa shape index (κ3) is 4.13. The first-order valence-electron chi connectivity index (χ1n) is 7.36. The van der Waals surface area contributed by atoms with E-state index in [1.54, 1.807) is 6.07 Å². The van der Waals surface area contributed by atoms with Crippen LogP contribution in [0, 0.1) is 5.41 Å². The van der Waals surface area contributed by atoms with Gasteiger partial charge in [-0.3, -0.25) is 0 Å². The van der Waals surface area contributed by atoms with Crippen molar-refractivity contribution >= 4 is 18.4 Å². The average molecular weight is 411 g/mol. The van der Waals surface area contributed by atoms with E-state index in [2.05, 4.69) is 4.98 Å². The second-order valence-electron chi connectivity index (χ2n) is 6.74. The maximum absolute atomic E-state index is 8.35. The molecular weight excluding hydrogens is 387 g/mol. The first kappa shape index (κ1) is 20.1. The monoisotopic (exact) mass is 410 g/mol. The number of pyridine rings is 1. The van der Waals surface area contributed by atoms with Crippen LogP contribution in [-0.4, -0.2) is 35.0 Å². The van der Waals surface area contributed by atoms with Gasteiger partial charge >= 0.3 is 7.12 Å². The summed E-state index contributed by atoms with van der Waals surface area (Å²) >= 11 is 0. The minimum absolute atomic E-state index is 0. The molecule has 130 valence electrons. The van der Waals surface area contributed by atoms with Gasteiger partial charge in [-0.2, -0.15) is 0 Å². The summed E-state index contributed by atoms with van der Waals surface area (Å²) in [7, 11) is -0.802. The van der Waals surface area contributed by atoms with Gasteiger partial charge in [-0.25, -0.2) is 4.98 Å². The first-order chi connectivity index (χ1) is 10.0. The molecule has 0 saturated carbocycles. The molecular formula is C15H23BN3O3Pd-. The molecule has 0 amide bonds. The minimum atomic E-state index is -0.802. The van der Waals surface area contributed by atoms with Crippen LogP contribution in [-0.2, 0) is 29.7 Å². The van der Waals surface area contributed by atoms with Crippen molar-refractivity contribution in [1.82, 2.24) is 4.98 Å². The standard InChI is InChI=1S/C15H23BN3O3.Pd/c1-9(2)20-12-7-10(11(17)8-19-12)13(18)16-21-14(3,4)15(5,6)22-16;/h7-9,17-18H,1-6H3;/q-1;. The molecule has 0 unspecified atom stereocenters. The van der Waals surface area contributed by atoms with Crippen LogP contribution in [0.3, 0.4) is 0 Å². The largest absolute Gasteiger partial charge is 0.697 e. The van der Waals surface area contributed by atoms with E-state index in [0.29, 0.717) is 11.4 Å². The minimum Gasteiger partial charge on any atom is -0.697 e. The van der Waals surface area contributed by atoms with Crippen molar-refractivity contribution in [3.63, 3.8) is 0 Å². The van der Waals surface area contributed by atoms with Crippen LogP contribution < -0.4 is 4.74 Å². The Morgan fingerprint density at radius 2 is 1.78 bits per heavy atom. The van der Waals surface area contributed by atoms with Crippen LogP contribution in [0.15, 0.2) is 12.3 Å². The Morgan fingerprint density at radius 3 is 2.26 bits per heavy atom. The number of hydrogen-bond acceptors (Lipinski definition) is 5. The molecule has 8 heteroatoms. The second kappa shape index (κ2) is 6.90. The van der Waals surface area contributed by atoms with Crippen LogP contribution >= 0.6 is 0 Å². The van der Waals surface area contributed by atoms with Gasteiger partial charge in [0.2, 0.25) is 5.88 Å². The Labute approximate surface area is 151 Å². The SMILES string of the molecule is CC(C)Oc1cc(C(=N)B2OC(C)(C)C(C)(C)O2)c([NH-])cn1.[Pd]. The molecule has 0 radical (unpaired) electrons. The Balaban J connectivity index is 0.00000264. The van der Waals surface area contributed by atoms with Gasteiger partial charge in [-0.05, 0) is 47.1 Å². The summed E-state index contributed by atoms with van der Waals surface area (Å²) in [6.07, 6.45) is 1.36. The van der Waals surface area contributed by atoms with Gasteiger partial charge in [-0.1, -0.05) is 0 Å². The van der Waals surface area contributed by atoms with Gasteiger partial charge in [0.1, 0.15) is 0 Å². The van der Waals surface area contributed by atoms with E-state index in [1.165, 1.54) is 6.20 Å². The molecule has 2 rings (SSSR count). The van der Waals surface area contributed by atoms with E-state index >= 15 is 0 Å². The molecule has 6 nitrogen and oxygen atoms in total. The molecule has 0 aromatic carbocycles. The zero-order valence-electron chi connectivity index (χ0n) is 14.3. The number of ether oxygens (including phenoxy) is 1. The van der Waals surface area contributed by atoms with Crippen LogP contribution in [0.4, 0.5) is 5.69 Å². The van der Waals surface area contributed by atoms with Gasteiger partial charge in [0.05, 0.1) is 22.9 Å². The molecule has 1 aliphatic heterocycles. The quantitative estimate of drug-likeness (QED) is 0.607. The van der Waals surface area contributed by atoms with Crippen LogP contribution in [0.1, 0.15) is 47.1 Å². The molecule has 23 heavy (non-hydrogen) atoms. The van der Waals surface area contributed by atoms with Gasteiger partial charge in [-0.15, -0.1) is 5.69 Å². The molecule has 1 aromatic rings. The maximum Gasteiger partial charge on any atom is 0.514 e. The fourth-order valence-electron chi connectivity index (χ4n) is 2.05. The van der Waals surface area contributed by atoms with Crippen molar-refractivity contribution in [3.8, 4) is 5.88 Å². The summed E-state index contributed by atoms with van der Waals surface area (Å²) in [4.78, 5) is 4.06. The molecule has 1 saturated heterocycles. The van der Waals surface area contributed by atoms with Gasteiger partial charge < -0.3 is 25.2 Å². The Kier molecular flexibility index (Phi) is 6.03. The third-order valence-electron chi connectivity index (χ3n) is 4.01. The summed E-state index contributed by atoms with van der Waals surface area (Å²) in [5.74, 6) is 0.391. The molecule has 1 fully saturated rings. The molecule has 0 bridgehead atoms. The van der Waals surface area contributed by atoms with Crippen molar-refractivity contribution in [2.45, 2.75) is 58.8 Å². The van der Waals surface area contributed by atoms with Gasteiger partial charge in [0, 0.05) is 32.7 Å². The average Bonchev–Trinajstić information content (AvgIpc) is 2.59. The summed E-state index contributed by atoms with van der Waals surface area (Å²) in [5, 5.41) is 8.35. The van der Waals surface area contributed by atoms with Gasteiger partial charge in [0.15, 0.2) is 0 Å². The molecule has 0 spiro atoms. The molecule has 0 aliphatic carbocycles. The fourth-order valence-corrected chi connectivity index (χ4v) is 2.05. The first-order valence-corrected chi connectivity index (χ1v) is 7.36. The van der Waals surface area contributed by atoms with E-state index in [9.17, 15) is 0 Å². The number of aromatic nitrogens is 1. The van der Waals surface area contributed by atoms with Crippen LogP contribution in [0.25, 0.3) is 5.73 Å². The smallest absolute Gasteiger partial charge is 0.514 e. The Morgan fingerprint density at radius 1 is 1.26 bits per heavy atom. The van der Waals surface area contributed by atoms with Crippen molar-refractivity contribution in [2.24, 2.45) is 0 Å². The summed E-state index contributed by atoms with van der Waals surface area (Å²) < 4.78 is 17.3. The normalized spacial score (nSPS) is 18.7. The Bertz CT molecular complexity index is 577. The third-order valence-corrected chi connectivity index (χ3v) is 4.01. The van der Waals surface area contributed by atoms with Crippen molar-refractivity contribution in [2.75, 3.05) is 0 Å². The summed E-state index contributed by atoms with van der Waals surface area (Å²) in [6, 6.07) is 1.59. The van der Waals surface area contributed by atoms with E-state index in [4.69, 9.17) is 25.2 Å². The molecule has 2 N–H and O–H groups in total. The maximum atomic E-state index is 8.35.